The largest absolute Gasteiger partial charge is 0.319 e. The fraction of sp³-hybridized carbons (Fsp3) is 0.250. The molecule has 0 aliphatic rings. The molecule has 0 saturated carbocycles. The van der Waals surface area contributed by atoms with E-state index in [0.29, 0.717) is 13.2 Å². The van der Waals surface area contributed by atoms with Crippen molar-refractivity contribution in [2.75, 3.05) is 0 Å². The molecule has 0 heterocycles. The van der Waals surface area contributed by atoms with Gasteiger partial charge in [0.2, 0.25) is 0 Å². The Balaban J connectivity index is 1.75. The van der Waals surface area contributed by atoms with Crippen LogP contribution < -0.4 is 0 Å². The summed E-state index contributed by atoms with van der Waals surface area (Å²) in [4.78, 5) is 0. The molecule has 0 atom stereocenters. The van der Waals surface area contributed by atoms with Crippen molar-refractivity contribution < 1.29 is 13.6 Å². The third-order valence-electron chi connectivity index (χ3n) is 2.95. The van der Waals surface area contributed by atoms with Crippen LogP contribution >= 0.6 is 8.25 Å². The van der Waals surface area contributed by atoms with Gasteiger partial charge in [0.15, 0.2) is 0 Å². The van der Waals surface area contributed by atoms with E-state index in [9.17, 15) is 4.57 Å². The van der Waals surface area contributed by atoms with Gasteiger partial charge in [-0.1, -0.05) is 59.7 Å². The first-order valence-corrected chi connectivity index (χ1v) is 7.76. The number of hydrogen-bond donors (Lipinski definition) is 0. The quantitative estimate of drug-likeness (QED) is 0.738. The van der Waals surface area contributed by atoms with E-state index in [1.165, 1.54) is 11.1 Å². The van der Waals surface area contributed by atoms with Crippen LogP contribution in [0, 0.1) is 13.8 Å². The van der Waals surface area contributed by atoms with Gasteiger partial charge in [-0.2, -0.15) is 0 Å². The summed E-state index contributed by atoms with van der Waals surface area (Å²) in [6.45, 7) is 4.67. The molecule has 0 saturated heterocycles. The van der Waals surface area contributed by atoms with E-state index >= 15 is 0 Å². The smallest absolute Gasteiger partial charge is 0.306 e. The van der Waals surface area contributed by atoms with Crippen LogP contribution in [-0.4, -0.2) is 0 Å². The number of rotatable bonds is 6. The van der Waals surface area contributed by atoms with Crippen LogP contribution in [0.5, 0.6) is 0 Å². The highest BCUT2D eigenvalue weighted by atomic mass is 31.1. The lowest BCUT2D eigenvalue weighted by Crippen LogP contribution is -1.90. The first kappa shape index (κ1) is 15.0. The van der Waals surface area contributed by atoms with Crippen LogP contribution in [0.3, 0.4) is 0 Å². The standard InChI is InChI=1S/C16H19O3P/c1-13-3-7-15(8-4-13)11-18-20(17)19-12-16-9-5-14(2)6-10-16/h3-10,20H,11-12H2,1-2H3. The molecule has 0 aliphatic carbocycles. The maximum absolute atomic E-state index is 11.7. The lowest BCUT2D eigenvalue weighted by molar-refractivity contribution is 0.213. The topological polar surface area (TPSA) is 35.5 Å². The molecular formula is C16H19O3P. The van der Waals surface area contributed by atoms with Gasteiger partial charge < -0.3 is 9.05 Å². The summed E-state index contributed by atoms with van der Waals surface area (Å²) in [5, 5.41) is 0. The van der Waals surface area contributed by atoms with E-state index in [1.807, 2.05) is 62.4 Å². The maximum Gasteiger partial charge on any atom is 0.319 e. The second-order valence-electron chi connectivity index (χ2n) is 4.80. The highest BCUT2D eigenvalue weighted by Gasteiger charge is 2.02. The molecule has 0 unspecified atom stereocenters. The van der Waals surface area contributed by atoms with Gasteiger partial charge in [-0.25, -0.2) is 0 Å². The van der Waals surface area contributed by atoms with Gasteiger partial charge in [0.05, 0.1) is 13.2 Å². The maximum atomic E-state index is 11.7. The molecule has 106 valence electrons. The molecule has 0 bridgehead atoms. The Morgan fingerprint density at radius 1 is 0.750 bits per heavy atom. The third-order valence-corrected chi connectivity index (χ3v) is 3.71. The van der Waals surface area contributed by atoms with E-state index in [1.54, 1.807) is 0 Å². The first-order chi connectivity index (χ1) is 9.63. The van der Waals surface area contributed by atoms with Crippen molar-refractivity contribution in [2.24, 2.45) is 0 Å². The molecule has 2 aromatic rings. The molecule has 2 rings (SSSR count). The van der Waals surface area contributed by atoms with Gasteiger partial charge >= 0.3 is 8.25 Å². The van der Waals surface area contributed by atoms with Crippen LogP contribution in [0.15, 0.2) is 48.5 Å². The molecule has 0 aliphatic heterocycles. The predicted molar refractivity (Wildman–Crippen MR) is 80.9 cm³/mol. The highest BCUT2D eigenvalue weighted by Crippen LogP contribution is 2.27. The lowest BCUT2D eigenvalue weighted by Gasteiger charge is -2.06. The van der Waals surface area contributed by atoms with Crippen molar-refractivity contribution in [1.29, 1.82) is 0 Å². The van der Waals surface area contributed by atoms with Gasteiger partial charge in [-0.3, -0.25) is 4.57 Å². The lowest BCUT2D eigenvalue weighted by atomic mass is 10.2. The summed E-state index contributed by atoms with van der Waals surface area (Å²) in [5.74, 6) is 0. The molecule has 0 fully saturated rings. The first-order valence-electron chi connectivity index (χ1n) is 6.54. The Kier molecular flexibility index (Phi) is 5.54. The summed E-state index contributed by atoms with van der Waals surface area (Å²) in [6, 6.07) is 15.9. The van der Waals surface area contributed by atoms with Crippen molar-refractivity contribution >= 4 is 8.25 Å². The van der Waals surface area contributed by atoms with Gasteiger partial charge in [0, 0.05) is 0 Å². The van der Waals surface area contributed by atoms with Gasteiger partial charge in [0.1, 0.15) is 0 Å². The van der Waals surface area contributed by atoms with Crippen molar-refractivity contribution in [3.05, 3.63) is 70.8 Å². The predicted octanol–water partition coefficient (Wildman–Crippen LogP) is 4.43. The molecule has 2 aromatic carbocycles. The number of aryl methyl sites for hydroxylation is 2. The van der Waals surface area contributed by atoms with Gasteiger partial charge in [0.25, 0.3) is 0 Å². The van der Waals surface area contributed by atoms with Crippen LogP contribution in [0.25, 0.3) is 0 Å². The third kappa shape index (κ3) is 4.93. The van der Waals surface area contributed by atoms with Crippen LogP contribution in [0.1, 0.15) is 22.3 Å². The Bertz CT molecular complexity index is 510. The second kappa shape index (κ2) is 7.39. The SMILES string of the molecule is Cc1ccc(CO[PH](=O)OCc2ccc(C)cc2)cc1. The Morgan fingerprint density at radius 2 is 1.10 bits per heavy atom. The minimum Gasteiger partial charge on any atom is -0.306 e. The summed E-state index contributed by atoms with van der Waals surface area (Å²) in [6.07, 6.45) is 0. The fourth-order valence-corrected chi connectivity index (χ4v) is 2.35. The molecule has 3 nitrogen and oxygen atoms in total. The molecule has 0 amide bonds. The summed E-state index contributed by atoms with van der Waals surface area (Å²) < 4.78 is 22.1. The minimum atomic E-state index is -2.45. The Morgan fingerprint density at radius 3 is 1.45 bits per heavy atom. The average molecular weight is 290 g/mol. The monoisotopic (exact) mass is 290 g/mol. The fourth-order valence-electron chi connectivity index (χ4n) is 1.69. The molecule has 0 aromatic heterocycles. The van der Waals surface area contributed by atoms with Crippen LogP contribution in [-0.2, 0) is 26.8 Å². The van der Waals surface area contributed by atoms with E-state index in [4.69, 9.17) is 9.05 Å². The molecule has 0 radical (unpaired) electrons. The van der Waals surface area contributed by atoms with Crippen LogP contribution in [0.2, 0.25) is 0 Å². The number of benzene rings is 2. The second-order valence-corrected chi connectivity index (χ2v) is 5.88. The Hall–Kier alpha value is -1.41. The van der Waals surface area contributed by atoms with Crippen molar-refractivity contribution in [3.63, 3.8) is 0 Å². The molecule has 20 heavy (non-hydrogen) atoms. The van der Waals surface area contributed by atoms with E-state index in [0.717, 1.165) is 11.1 Å². The van der Waals surface area contributed by atoms with Crippen molar-refractivity contribution in [3.8, 4) is 0 Å². The summed E-state index contributed by atoms with van der Waals surface area (Å²) in [7, 11) is -2.45. The molecule has 0 spiro atoms. The molecule has 0 N–H and O–H groups in total. The number of hydrogen-bond acceptors (Lipinski definition) is 3. The summed E-state index contributed by atoms with van der Waals surface area (Å²) >= 11 is 0. The van der Waals surface area contributed by atoms with E-state index in [-0.39, 0.29) is 0 Å². The zero-order valence-corrected chi connectivity index (χ0v) is 12.8. The van der Waals surface area contributed by atoms with Crippen molar-refractivity contribution in [2.45, 2.75) is 27.1 Å². The summed E-state index contributed by atoms with van der Waals surface area (Å²) in [5.41, 5.74) is 4.37. The van der Waals surface area contributed by atoms with Gasteiger partial charge in [-0.15, -0.1) is 0 Å². The van der Waals surface area contributed by atoms with E-state index in [2.05, 4.69) is 0 Å². The Labute approximate surface area is 120 Å². The zero-order valence-electron chi connectivity index (χ0n) is 11.8. The molecular weight excluding hydrogens is 271 g/mol. The zero-order chi connectivity index (χ0) is 14.4. The van der Waals surface area contributed by atoms with Crippen molar-refractivity contribution in [1.82, 2.24) is 0 Å². The van der Waals surface area contributed by atoms with Gasteiger partial charge in [-0.05, 0) is 25.0 Å². The highest BCUT2D eigenvalue weighted by molar-refractivity contribution is 7.33. The van der Waals surface area contributed by atoms with E-state index < -0.39 is 8.25 Å². The molecule has 4 heteroatoms. The minimum absolute atomic E-state index is 0.311. The normalized spacial score (nSPS) is 10.9. The average Bonchev–Trinajstić information content (AvgIpc) is 2.46. The van der Waals surface area contributed by atoms with Crippen LogP contribution in [0.4, 0.5) is 0 Å².